The first-order valence-electron chi connectivity index (χ1n) is 9.25. The maximum absolute atomic E-state index is 12.9. The highest BCUT2D eigenvalue weighted by atomic mass is 16.7. The van der Waals surface area contributed by atoms with Gasteiger partial charge < -0.3 is 34.6 Å². The van der Waals surface area contributed by atoms with E-state index in [-0.39, 0.29) is 28.0 Å². The first-order valence-corrected chi connectivity index (χ1v) is 9.25. The van der Waals surface area contributed by atoms with Gasteiger partial charge in [-0.25, -0.2) is 0 Å². The van der Waals surface area contributed by atoms with Crippen LogP contribution in [0.25, 0.3) is 0 Å². The van der Waals surface area contributed by atoms with Gasteiger partial charge in [-0.15, -0.1) is 0 Å². The van der Waals surface area contributed by atoms with Crippen LogP contribution in [0.2, 0.25) is 0 Å². The summed E-state index contributed by atoms with van der Waals surface area (Å²) < 4.78 is 16.0. The number of hydrogen-bond donors (Lipinski definition) is 4. The monoisotopic (exact) mass is 416 g/mol. The molecule has 0 amide bonds. The molecule has 1 heterocycles. The van der Waals surface area contributed by atoms with Gasteiger partial charge in [-0.2, -0.15) is 0 Å². The van der Waals surface area contributed by atoms with E-state index in [0.717, 1.165) is 0 Å². The Kier molecular flexibility index (Phi) is 5.31. The third-order valence-electron chi connectivity index (χ3n) is 5.36. The fourth-order valence-electron chi connectivity index (χ4n) is 3.81. The summed E-state index contributed by atoms with van der Waals surface area (Å²) >= 11 is 0. The van der Waals surface area contributed by atoms with E-state index in [1.807, 2.05) is 0 Å². The highest BCUT2D eigenvalue weighted by molar-refractivity contribution is 6.29. The molecule has 9 nitrogen and oxygen atoms in total. The van der Waals surface area contributed by atoms with Crippen molar-refractivity contribution < 1.29 is 44.2 Å². The molecule has 0 radical (unpaired) electrons. The largest absolute Gasteiger partial charge is 0.504 e. The minimum atomic E-state index is -1.56. The van der Waals surface area contributed by atoms with Crippen molar-refractivity contribution in [3.63, 3.8) is 0 Å². The summed E-state index contributed by atoms with van der Waals surface area (Å²) in [5.41, 5.74) is 0.223. The van der Waals surface area contributed by atoms with E-state index in [9.17, 15) is 30.0 Å². The number of aromatic hydroxyl groups is 1. The predicted octanol–water partition coefficient (Wildman–Crippen LogP) is 0.000400. The molecule has 4 rings (SSSR count). The van der Waals surface area contributed by atoms with E-state index in [4.69, 9.17) is 14.2 Å². The van der Waals surface area contributed by atoms with E-state index in [1.54, 1.807) is 12.1 Å². The molecule has 2 aromatic rings. The molecule has 4 N–H and O–H groups in total. The fourth-order valence-corrected chi connectivity index (χ4v) is 3.81. The number of fused-ring (bicyclic) bond motifs is 2. The number of aliphatic hydroxyl groups is 3. The molecule has 0 spiro atoms. The number of phenolic OH excluding ortho intramolecular Hbond substituents is 1. The SMILES string of the molecule is CO[C@H]1[C@H](O)[C@@H](O)[C@H](Oc2ccc3c(c2O)C(=O)c2ccccc2C3=O)O[C@@H]1CO. The van der Waals surface area contributed by atoms with E-state index < -0.39 is 54.6 Å². The Morgan fingerprint density at radius 1 is 0.967 bits per heavy atom. The normalized spacial score (nSPS) is 28.1. The number of ketones is 2. The highest BCUT2D eigenvalue weighted by Gasteiger charge is 2.46. The third kappa shape index (κ3) is 3.08. The Hall–Kier alpha value is -2.82. The molecular formula is C21H20O9. The topological polar surface area (TPSA) is 143 Å². The zero-order valence-electron chi connectivity index (χ0n) is 15.9. The fraction of sp³-hybridized carbons (Fsp3) is 0.333. The Bertz CT molecular complexity index is 1000. The lowest BCUT2D eigenvalue weighted by atomic mass is 9.83. The number of benzene rings is 2. The van der Waals surface area contributed by atoms with Gasteiger partial charge in [0.2, 0.25) is 6.29 Å². The third-order valence-corrected chi connectivity index (χ3v) is 5.36. The van der Waals surface area contributed by atoms with Crippen LogP contribution in [0.15, 0.2) is 36.4 Å². The second kappa shape index (κ2) is 7.78. The number of aliphatic hydroxyl groups excluding tert-OH is 3. The number of ether oxygens (including phenoxy) is 3. The molecule has 158 valence electrons. The summed E-state index contributed by atoms with van der Waals surface area (Å²) in [7, 11) is 1.30. The van der Waals surface area contributed by atoms with Crippen LogP contribution in [0.4, 0.5) is 0 Å². The molecule has 30 heavy (non-hydrogen) atoms. The summed E-state index contributed by atoms with van der Waals surface area (Å²) in [4.78, 5) is 25.6. The van der Waals surface area contributed by atoms with Gasteiger partial charge in [0, 0.05) is 23.8 Å². The van der Waals surface area contributed by atoms with E-state index in [1.165, 1.54) is 31.4 Å². The minimum absolute atomic E-state index is 0.0291. The van der Waals surface area contributed by atoms with Crippen molar-refractivity contribution in [1.29, 1.82) is 0 Å². The van der Waals surface area contributed by atoms with Crippen LogP contribution in [0, 0.1) is 0 Å². The van der Waals surface area contributed by atoms with Crippen LogP contribution in [-0.4, -0.2) is 76.4 Å². The first kappa shape index (κ1) is 20.5. The number of methoxy groups -OCH3 is 1. The first-order chi connectivity index (χ1) is 14.4. The predicted molar refractivity (Wildman–Crippen MR) is 101 cm³/mol. The average molecular weight is 416 g/mol. The number of carbonyl (C=O) groups excluding carboxylic acids is 2. The molecule has 1 saturated heterocycles. The number of phenols is 1. The molecule has 1 aliphatic heterocycles. The maximum Gasteiger partial charge on any atom is 0.229 e. The van der Waals surface area contributed by atoms with E-state index in [0.29, 0.717) is 0 Å². The van der Waals surface area contributed by atoms with Gasteiger partial charge in [-0.3, -0.25) is 9.59 Å². The number of rotatable bonds is 4. The zero-order chi connectivity index (χ0) is 21.6. The van der Waals surface area contributed by atoms with Gasteiger partial charge in [0.05, 0.1) is 12.2 Å². The Balaban J connectivity index is 1.68. The Morgan fingerprint density at radius 2 is 1.63 bits per heavy atom. The summed E-state index contributed by atoms with van der Waals surface area (Å²) in [6.07, 6.45) is -6.44. The summed E-state index contributed by atoms with van der Waals surface area (Å²) in [6, 6.07) is 8.90. The molecule has 0 aromatic heterocycles. The van der Waals surface area contributed by atoms with Crippen molar-refractivity contribution in [2.75, 3.05) is 13.7 Å². The molecule has 5 atom stereocenters. The van der Waals surface area contributed by atoms with Crippen LogP contribution < -0.4 is 4.74 Å². The lowest BCUT2D eigenvalue weighted by Crippen LogP contribution is -2.60. The average Bonchev–Trinajstić information content (AvgIpc) is 2.76. The Morgan fingerprint density at radius 3 is 2.27 bits per heavy atom. The molecule has 2 aliphatic rings. The second-order valence-corrected chi connectivity index (χ2v) is 7.06. The molecule has 2 aromatic carbocycles. The lowest BCUT2D eigenvalue weighted by molar-refractivity contribution is -0.282. The van der Waals surface area contributed by atoms with Crippen molar-refractivity contribution in [3.05, 3.63) is 58.7 Å². The van der Waals surface area contributed by atoms with E-state index >= 15 is 0 Å². The number of carbonyl (C=O) groups is 2. The van der Waals surface area contributed by atoms with Gasteiger partial charge in [0.15, 0.2) is 23.1 Å². The van der Waals surface area contributed by atoms with Gasteiger partial charge >= 0.3 is 0 Å². The van der Waals surface area contributed by atoms with Crippen LogP contribution in [0.3, 0.4) is 0 Å². The molecule has 1 aliphatic carbocycles. The zero-order valence-corrected chi connectivity index (χ0v) is 15.9. The minimum Gasteiger partial charge on any atom is -0.504 e. The van der Waals surface area contributed by atoms with E-state index in [2.05, 4.69) is 0 Å². The highest BCUT2D eigenvalue weighted by Crippen LogP contribution is 2.39. The van der Waals surface area contributed by atoms with Crippen LogP contribution in [0.1, 0.15) is 31.8 Å². The van der Waals surface area contributed by atoms with Crippen molar-refractivity contribution in [2.45, 2.75) is 30.7 Å². The van der Waals surface area contributed by atoms with Crippen LogP contribution in [-0.2, 0) is 9.47 Å². The van der Waals surface area contributed by atoms with Crippen LogP contribution in [0.5, 0.6) is 11.5 Å². The van der Waals surface area contributed by atoms with Crippen LogP contribution >= 0.6 is 0 Å². The molecule has 0 saturated carbocycles. The molecule has 9 heteroatoms. The Labute approximate surface area is 171 Å². The van der Waals surface area contributed by atoms with Crippen molar-refractivity contribution in [2.24, 2.45) is 0 Å². The van der Waals surface area contributed by atoms with Crippen molar-refractivity contribution >= 4 is 11.6 Å². The van der Waals surface area contributed by atoms with Crippen molar-refractivity contribution in [1.82, 2.24) is 0 Å². The second-order valence-electron chi connectivity index (χ2n) is 7.06. The van der Waals surface area contributed by atoms with Gasteiger partial charge in [-0.1, -0.05) is 24.3 Å². The lowest BCUT2D eigenvalue weighted by Gasteiger charge is -2.41. The molecule has 0 bridgehead atoms. The van der Waals surface area contributed by atoms with Gasteiger partial charge in [0.25, 0.3) is 0 Å². The maximum atomic E-state index is 12.9. The number of hydrogen-bond acceptors (Lipinski definition) is 9. The van der Waals surface area contributed by atoms with Gasteiger partial charge in [-0.05, 0) is 12.1 Å². The van der Waals surface area contributed by atoms with Gasteiger partial charge in [0.1, 0.15) is 24.4 Å². The summed E-state index contributed by atoms with van der Waals surface area (Å²) in [5, 5.41) is 40.7. The summed E-state index contributed by atoms with van der Waals surface area (Å²) in [5.74, 6) is -1.76. The smallest absolute Gasteiger partial charge is 0.229 e. The molecular weight excluding hydrogens is 396 g/mol. The molecule has 1 fully saturated rings. The van der Waals surface area contributed by atoms with Crippen molar-refractivity contribution in [3.8, 4) is 11.5 Å². The quantitative estimate of drug-likeness (QED) is 0.462. The summed E-state index contributed by atoms with van der Waals surface area (Å²) in [6.45, 7) is -0.512. The molecule has 0 unspecified atom stereocenters. The standard InChI is InChI=1S/C21H20O9/c1-28-20-13(8-22)30-21(19(27)18(20)26)29-12-7-6-11-14(17(12)25)16(24)10-5-3-2-4-9(10)15(11)23/h2-7,13,18-22,25-27H,8H2,1H3/t13-,18-,19-,20-,21-/m1/s1.